The van der Waals surface area contributed by atoms with E-state index < -0.39 is 0 Å². The molecule has 0 amide bonds. The minimum Gasteiger partial charge on any atom is -0.462 e. The van der Waals surface area contributed by atoms with Crippen molar-refractivity contribution in [2.75, 3.05) is 0 Å². The molecule has 98 valence electrons. The summed E-state index contributed by atoms with van der Waals surface area (Å²) in [5, 5.41) is 0. The predicted octanol–water partition coefficient (Wildman–Crippen LogP) is 1.69. The summed E-state index contributed by atoms with van der Waals surface area (Å²) in [5.74, 6) is 0.742. The first-order chi connectivity index (χ1) is 8.49. The summed E-state index contributed by atoms with van der Waals surface area (Å²) in [7, 11) is 0. The largest absolute Gasteiger partial charge is 0.462 e. The van der Waals surface area contributed by atoms with Crippen LogP contribution in [0.5, 0.6) is 0 Å². The molecule has 0 aromatic rings. The van der Waals surface area contributed by atoms with Gasteiger partial charge in [0.05, 0.1) is 6.42 Å². The van der Waals surface area contributed by atoms with Gasteiger partial charge >= 0.3 is 11.9 Å². The highest BCUT2D eigenvalue weighted by molar-refractivity contribution is 5.87. The van der Waals surface area contributed by atoms with E-state index in [9.17, 15) is 9.59 Å². The molecule has 1 heterocycles. The van der Waals surface area contributed by atoms with Crippen LogP contribution in [0.15, 0.2) is 12.2 Å². The monoisotopic (exact) mass is 250 g/mol. The fourth-order valence-corrected chi connectivity index (χ4v) is 3.96. The molecule has 4 heteroatoms. The van der Waals surface area contributed by atoms with E-state index in [0.29, 0.717) is 17.9 Å². The van der Waals surface area contributed by atoms with E-state index in [4.69, 9.17) is 9.47 Å². The Labute approximate surface area is 106 Å². The third kappa shape index (κ3) is 1.51. The van der Waals surface area contributed by atoms with E-state index in [1.54, 1.807) is 6.92 Å². The molecule has 3 rings (SSSR count). The smallest absolute Gasteiger partial charge is 0.333 e. The molecule has 0 aromatic carbocycles. The van der Waals surface area contributed by atoms with Gasteiger partial charge in [-0.3, -0.25) is 4.79 Å². The standard InChI is InChI=1S/C14H18O4/c1-6(2)14(16)18-12-7(3)8-4-9(12)10-5-11(15)17-13(8)10/h7-10,12-13H,1,4-5H2,2-3H3. The Kier molecular flexibility index (Phi) is 2.50. The van der Waals surface area contributed by atoms with E-state index in [2.05, 4.69) is 13.5 Å². The normalized spacial score (nSPS) is 44.7. The van der Waals surface area contributed by atoms with Crippen molar-refractivity contribution in [1.82, 2.24) is 0 Å². The molecular formula is C14H18O4. The van der Waals surface area contributed by atoms with Crippen LogP contribution >= 0.6 is 0 Å². The Morgan fingerprint density at radius 2 is 2.11 bits per heavy atom. The Morgan fingerprint density at radius 3 is 2.78 bits per heavy atom. The Balaban J connectivity index is 1.77. The number of esters is 2. The average molecular weight is 250 g/mol. The van der Waals surface area contributed by atoms with Crippen molar-refractivity contribution >= 4 is 11.9 Å². The van der Waals surface area contributed by atoms with Crippen molar-refractivity contribution in [2.24, 2.45) is 23.7 Å². The molecule has 18 heavy (non-hydrogen) atoms. The number of hydrogen-bond donors (Lipinski definition) is 0. The van der Waals surface area contributed by atoms with Crippen molar-refractivity contribution in [3.05, 3.63) is 12.2 Å². The second kappa shape index (κ2) is 3.84. The molecule has 2 bridgehead atoms. The minimum atomic E-state index is -0.318. The van der Waals surface area contributed by atoms with E-state index in [-0.39, 0.29) is 41.9 Å². The topological polar surface area (TPSA) is 52.6 Å². The zero-order chi connectivity index (χ0) is 13.0. The molecule has 6 atom stereocenters. The molecule has 3 aliphatic rings. The lowest BCUT2D eigenvalue weighted by atomic mass is 9.78. The van der Waals surface area contributed by atoms with Gasteiger partial charge in [0.2, 0.25) is 0 Å². The van der Waals surface area contributed by atoms with Gasteiger partial charge in [-0.1, -0.05) is 13.5 Å². The molecular weight excluding hydrogens is 232 g/mol. The maximum absolute atomic E-state index is 11.7. The molecule has 0 aromatic heterocycles. The van der Waals surface area contributed by atoms with Gasteiger partial charge in [-0.2, -0.15) is 0 Å². The minimum absolute atomic E-state index is 0.0669. The third-order valence-electron chi connectivity index (χ3n) is 4.82. The summed E-state index contributed by atoms with van der Waals surface area (Å²) in [6.45, 7) is 7.35. The maximum atomic E-state index is 11.7. The van der Waals surface area contributed by atoms with E-state index in [1.165, 1.54) is 0 Å². The summed E-state index contributed by atoms with van der Waals surface area (Å²) >= 11 is 0. The van der Waals surface area contributed by atoms with Crippen LogP contribution in [0.3, 0.4) is 0 Å². The molecule has 1 aliphatic heterocycles. The molecule has 6 unspecified atom stereocenters. The average Bonchev–Trinajstić information content (AvgIpc) is 2.89. The first-order valence-electron chi connectivity index (χ1n) is 6.55. The van der Waals surface area contributed by atoms with E-state index in [1.807, 2.05) is 0 Å². The van der Waals surface area contributed by atoms with E-state index >= 15 is 0 Å². The zero-order valence-corrected chi connectivity index (χ0v) is 10.7. The highest BCUT2D eigenvalue weighted by Gasteiger charge is 2.62. The SMILES string of the molecule is C=C(C)C(=O)OC1C(C)C2CC1C1CC(=O)OC21. The molecule has 2 saturated carbocycles. The Hall–Kier alpha value is -1.32. The van der Waals surface area contributed by atoms with Gasteiger partial charge in [-0.05, 0) is 19.3 Å². The summed E-state index contributed by atoms with van der Waals surface area (Å²) in [5.41, 5.74) is 0.431. The number of carbonyl (C=O) groups is 2. The Bertz CT molecular complexity index is 428. The summed E-state index contributed by atoms with van der Waals surface area (Å²) in [4.78, 5) is 23.0. The Morgan fingerprint density at radius 1 is 1.39 bits per heavy atom. The van der Waals surface area contributed by atoms with Crippen molar-refractivity contribution in [3.8, 4) is 0 Å². The van der Waals surface area contributed by atoms with E-state index in [0.717, 1.165) is 6.42 Å². The van der Waals surface area contributed by atoms with Gasteiger partial charge in [-0.15, -0.1) is 0 Å². The van der Waals surface area contributed by atoms with Crippen LogP contribution in [0, 0.1) is 23.7 Å². The third-order valence-corrected chi connectivity index (χ3v) is 4.82. The number of carbonyl (C=O) groups excluding carboxylic acids is 2. The summed E-state index contributed by atoms with van der Waals surface area (Å²) in [6, 6.07) is 0. The van der Waals surface area contributed by atoms with Gasteiger partial charge in [0.1, 0.15) is 12.2 Å². The van der Waals surface area contributed by atoms with Crippen LogP contribution in [0.25, 0.3) is 0 Å². The molecule has 0 N–H and O–H groups in total. The van der Waals surface area contributed by atoms with Crippen LogP contribution < -0.4 is 0 Å². The predicted molar refractivity (Wildman–Crippen MR) is 63.4 cm³/mol. The molecule has 2 aliphatic carbocycles. The van der Waals surface area contributed by atoms with Gasteiger partial charge in [0.25, 0.3) is 0 Å². The quantitative estimate of drug-likeness (QED) is 0.553. The molecule has 0 radical (unpaired) electrons. The van der Waals surface area contributed by atoms with Gasteiger partial charge in [0.15, 0.2) is 0 Å². The lowest BCUT2D eigenvalue weighted by molar-refractivity contribution is -0.155. The van der Waals surface area contributed by atoms with Crippen molar-refractivity contribution < 1.29 is 19.1 Å². The van der Waals surface area contributed by atoms with Crippen LogP contribution in [0.4, 0.5) is 0 Å². The van der Waals surface area contributed by atoms with Crippen molar-refractivity contribution in [1.29, 1.82) is 0 Å². The van der Waals surface area contributed by atoms with Gasteiger partial charge < -0.3 is 9.47 Å². The molecule has 0 spiro atoms. The van der Waals surface area contributed by atoms with Crippen LogP contribution in [0.1, 0.15) is 26.7 Å². The zero-order valence-electron chi connectivity index (χ0n) is 10.7. The lowest BCUT2D eigenvalue weighted by Crippen LogP contribution is -2.41. The molecule has 4 nitrogen and oxygen atoms in total. The fourth-order valence-electron chi connectivity index (χ4n) is 3.96. The van der Waals surface area contributed by atoms with Crippen molar-refractivity contribution in [3.63, 3.8) is 0 Å². The first-order valence-corrected chi connectivity index (χ1v) is 6.55. The van der Waals surface area contributed by atoms with Gasteiger partial charge in [-0.25, -0.2) is 4.79 Å². The fraction of sp³-hybridized carbons (Fsp3) is 0.714. The maximum Gasteiger partial charge on any atom is 0.333 e. The summed E-state index contributed by atoms with van der Waals surface area (Å²) < 4.78 is 11.0. The number of ether oxygens (including phenoxy) is 2. The molecule has 3 fully saturated rings. The second-order valence-corrected chi connectivity index (χ2v) is 5.90. The summed E-state index contributed by atoms with van der Waals surface area (Å²) in [6.07, 6.45) is 1.49. The highest BCUT2D eigenvalue weighted by Crippen LogP contribution is 2.57. The highest BCUT2D eigenvalue weighted by atomic mass is 16.6. The van der Waals surface area contributed by atoms with Gasteiger partial charge in [0, 0.05) is 23.3 Å². The van der Waals surface area contributed by atoms with Crippen molar-refractivity contribution in [2.45, 2.75) is 38.9 Å². The lowest BCUT2D eigenvalue weighted by Gasteiger charge is -2.34. The van der Waals surface area contributed by atoms with Crippen LogP contribution in [-0.2, 0) is 19.1 Å². The van der Waals surface area contributed by atoms with Crippen LogP contribution in [0.2, 0.25) is 0 Å². The number of fused-ring (bicyclic) bond motifs is 5. The van der Waals surface area contributed by atoms with Crippen LogP contribution in [-0.4, -0.2) is 24.1 Å². The number of rotatable bonds is 2. The number of hydrogen-bond acceptors (Lipinski definition) is 4. The second-order valence-electron chi connectivity index (χ2n) is 5.90. The molecule has 1 saturated heterocycles. The first kappa shape index (κ1) is 11.8.